The average Bonchev–Trinajstić information content (AvgIpc) is 3.17. The molecule has 4 rings (SSSR count). The second-order valence-corrected chi connectivity index (χ2v) is 7.54. The maximum atomic E-state index is 12.2. The molecule has 2 fully saturated rings. The van der Waals surface area contributed by atoms with Crippen LogP contribution in [0, 0.1) is 5.92 Å². The molecule has 0 bridgehead atoms. The Bertz CT molecular complexity index is 705. The van der Waals surface area contributed by atoms with Gasteiger partial charge in [-0.05, 0) is 49.9 Å². The highest BCUT2D eigenvalue weighted by atomic mass is 16.5. The Morgan fingerprint density at radius 2 is 2.24 bits per heavy atom. The molecule has 2 N–H and O–H groups in total. The number of ether oxygens (including phenoxy) is 1. The number of piperidine rings is 1. The molecule has 6 nitrogen and oxygen atoms in total. The molecule has 0 spiro atoms. The number of amides is 3. The zero-order chi connectivity index (χ0) is 17.4. The lowest BCUT2D eigenvalue weighted by Gasteiger charge is -2.39. The van der Waals surface area contributed by atoms with Gasteiger partial charge < -0.3 is 15.0 Å². The van der Waals surface area contributed by atoms with Crippen molar-refractivity contribution >= 4 is 11.9 Å². The number of rotatable bonds is 4. The van der Waals surface area contributed by atoms with E-state index in [1.165, 1.54) is 11.1 Å². The van der Waals surface area contributed by atoms with Crippen LogP contribution in [0.1, 0.15) is 30.9 Å². The van der Waals surface area contributed by atoms with Crippen molar-refractivity contribution in [2.24, 2.45) is 5.92 Å². The van der Waals surface area contributed by atoms with Crippen molar-refractivity contribution in [3.05, 3.63) is 29.3 Å². The summed E-state index contributed by atoms with van der Waals surface area (Å²) in [6.07, 6.45) is 4.02. The van der Waals surface area contributed by atoms with Crippen molar-refractivity contribution in [1.29, 1.82) is 0 Å². The normalized spacial score (nSPS) is 29.1. The molecule has 25 heavy (non-hydrogen) atoms. The van der Waals surface area contributed by atoms with Crippen LogP contribution >= 0.6 is 0 Å². The van der Waals surface area contributed by atoms with Crippen molar-refractivity contribution < 1.29 is 14.3 Å². The lowest BCUT2D eigenvalue weighted by molar-refractivity contribution is -0.126. The van der Waals surface area contributed by atoms with E-state index in [2.05, 4.69) is 33.7 Å². The number of hydrogen-bond donors (Lipinski definition) is 2. The lowest BCUT2D eigenvalue weighted by atomic mass is 9.80. The second kappa shape index (κ2) is 6.33. The van der Waals surface area contributed by atoms with Crippen LogP contribution < -0.4 is 15.4 Å². The fourth-order valence-corrected chi connectivity index (χ4v) is 4.26. The summed E-state index contributed by atoms with van der Waals surface area (Å²) in [5.41, 5.74) is 1.87. The molecule has 134 valence electrons. The van der Waals surface area contributed by atoms with E-state index in [-0.39, 0.29) is 17.9 Å². The first kappa shape index (κ1) is 16.4. The van der Waals surface area contributed by atoms with Gasteiger partial charge in [-0.1, -0.05) is 12.1 Å². The molecule has 2 atom stereocenters. The third kappa shape index (κ3) is 3.11. The van der Waals surface area contributed by atoms with Gasteiger partial charge >= 0.3 is 6.03 Å². The number of benzene rings is 1. The largest absolute Gasteiger partial charge is 0.493 e. The highest BCUT2D eigenvalue weighted by Crippen LogP contribution is 2.30. The van der Waals surface area contributed by atoms with Crippen molar-refractivity contribution in [1.82, 2.24) is 15.5 Å². The Kier molecular flexibility index (Phi) is 4.15. The molecule has 1 aromatic rings. The minimum atomic E-state index is -0.777. The molecule has 3 aliphatic rings. The molecule has 2 saturated heterocycles. The first-order valence-corrected chi connectivity index (χ1v) is 9.15. The van der Waals surface area contributed by atoms with Gasteiger partial charge in [0.15, 0.2) is 0 Å². The van der Waals surface area contributed by atoms with E-state index in [1.54, 1.807) is 0 Å². The maximum absolute atomic E-state index is 12.2. The Hall–Kier alpha value is -2.08. The molecule has 0 aromatic heterocycles. The van der Waals surface area contributed by atoms with E-state index < -0.39 is 5.54 Å². The summed E-state index contributed by atoms with van der Waals surface area (Å²) < 4.78 is 5.57. The van der Waals surface area contributed by atoms with E-state index in [9.17, 15) is 9.59 Å². The second-order valence-electron chi connectivity index (χ2n) is 7.54. The van der Waals surface area contributed by atoms with Crippen LogP contribution in [-0.2, 0) is 17.6 Å². The number of imide groups is 1. The van der Waals surface area contributed by atoms with Gasteiger partial charge in [0.25, 0.3) is 5.91 Å². The molecular formula is C19H25N3O3. The molecular weight excluding hydrogens is 318 g/mol. The zero-order valence-corrected chi connectivity index (χ0v) is 14.6. The smallest absolute Gasteiger partial charge is 0.322 e. The maximum Gasteiger partial charge on any atom is 0.322 e. The van der Waals surface area contributed by atoms with Gasteiger partial charge in [0.1, 0.15) is 11.3 Å². The number of carbonyl (C=O) groups excluding carboxylic acids is 2. The summed E-state index contributed by atoms with van der Waals surface area (Å²) >= 11 is 0. The number of fused-ring (bicyclic) bond motifs is 1. The first-order valence-electron chi connectivity index (χ1n) is 9.15. The zero-order valence-electron chi connectivity index (χ0n) is 14.6. The third-order valence-corrected chi connectivity index (χ3v) is 5.86. The number of hydrogen-bond acceptors (Lipinski definition) is 4. The number of carbonyl (C=O) groups is 2. The van der Waals surface area contributed by atoms with Gasteiger partial charge in [0, 0.05) is 25.4 Å². The first-order chi connectivity index (χ1) is 12.0. The minimum Gasteiger partial charge on any atom is -0.493 e. The molecule has 3 amide bonds. The molecule has 3 heterocycles. The van der Waals surface area contributed by atoms with Crippen LogP contribution in [0.3, 0.4) is 0 Å². The van der Waals surface area contributed by atoms with Crippen molar-refractivity contribution in [3.8, 4) is 5.75 Å². The monoisotopic (exact) mass is 343 g/mol. The fourth-order valence-electron chi connectivity index (χ4n) is 4.26. The van der Waals surface area contributed by atoms with Gasteiger partial charge in [-0.25, -0.2) is 4.79 Å². The van der Waals surface area contributed by atoms with Crippen LogP contribution in [0.4, 0.5) is 4.79 Å². The van der Waals surface area contributed by atoms with Gasteiger partial charge in [-0.3, -0.25) is 10.1 Å². The van der Waals surface area contributed by atoms with E-state index >= 15 is 0 Å². The van der Waals surface area contributed by atoms with Crippen molar-refractivity contribution in [2.45, 2.75) is 38.1 Å². The van der Waals surface area contributed by atoms with E-state index in [4.69, 9.17) is 4.74 Å². The van der Waals surface area contributed by atoms with Crippen molar-refractivity contribution in [2.75, 3.05) is 26.2 Å². The topological polar surface area (TPSA) is 70.7 Å². The molecule has 0 aliphatic carbocycles. The highest BCUT2D eigenvalue weighted by molar-refractivity contribution is 6.07. The van der Waals surface area contributed by atoms with Crippen LogP contribution in [0.25, 0.3) is 0 Å². The number of urea groups is 1. The quantitative estimate of drug-likeness (QED) is 0.813. The lowest BCUT2D eigenvalue weighted by Crippen LogP contribution is -2.55. The average molecular weight is 343 g/mol. The minimum absolute atomic E-state index is 0.154. The summed E-state index contributed by atoms with van der Waals surface area (Å²) in [6, 6.07) is 6.12. The Balaban J connectivity index is 1.37. The number of nitrogens with zero attached hydrogens (tertiary/aromatic N) is 1. The Morgan fingerprint density at radius 1 is 1.36 bits per heavy atom. The van der Waals surface area contributed by atoms with E-state index in [0.717, 1.165) is 57.7 Å². The standard InChI is InChI=1S/C19H25N3O3/c1-19(17(23)20-18(24)21-19)15-3-2-8-22(12-15)9-6-13-4-5-16-14(11-13)7-10-25-16/h4-5,11,15H,2-3,6-10,12H2,1H3,(H2,20,21,23,24)/t15-,19+/m0/s1. The predicted octanol–water partition coefficient (Wildman–Crippen LogP) is 1.47. The number of nitrogens with one attached hydrogen (secondary N) is 2. The van der Waals surface area contributed by atoms with Gasteiger partial charge in [-0.15, -0.1) is 0 Å². The van der Waals surface area contributed by atoms with Gasteiger partial charge in [0.05, 0.1) is 6.61 Å². The Labute approximate surface area is 147 Å². The molecule has 0 unspecified atom stereocenters. The number of likely N-dealkylation sites (tertiary alicyclic amines) is 1. The van der Waals surface area contributed by atoms with Crippen LogP contribution in [0.15, 0.2) is 18.2 Å². The summed E-state index contributed by atoms with van der Waals surface area (Å²) in [4.78, 5) is 26.1. The molecule has 3 aliphatic heterocycles. The van der Waals surface area contributed by atoms with Crippen LogP contribution in [0.5, 0.6) is 5.75 Å². The van der Waals surface area contributed by atoms with Crippen LogP contribution in [0.2, 0.25) is 0 Å². The molecule has 6 heteroatoms. The van der Waals surface area contributed by atoms with Gasteiger partial charge in [0.2, 0.25) is 0 Å². The summed E-state index contributed by atoms with van der Waals surface area (Å²) in [5, 5.41) is 5.21. The molecule has 1 aromatic carbocycles. The summed E-state index contributed by atoms with van der Waals surface area (Å²) in [6.45, 7) is 5.51. The molecule has 0 saturated carbocycles. The summed E-state index contributed by atoms with van der Waals surface area (Å²) in [7, 11) is 0. The van der Waals surface area contributed by atoms with Gasteiger partial charge in [-0.2, -0.15) is 0 Å². The fraction of sp³-hybridized carbons (Fsp3) is 0.579. The highest BCUT2D eigenvalue weighted by Gasteiger charge is 2.48. The summed E-state index contributed by atoms with van der Waals surface area (Å²) in [5.74, 6) is 0.988. The molecule has 0 radical (unpaired) electrons. The third-order valence-electron chi connectivity index (χ3n) is 5.86. The Morgan fingerprint density at radius 3 is 3.04 bits per heavy atom. The SMILES string of the molecule is C[C@]1([C@H]2CCCN(CCc3ccc4c(c3)CCO4)C2)NC(=O)NC1=O. The van der Waals surface area contributed by atoms with Crippen LogP contribution in [-0.4, -0.2) is 48.6 Å². The van der Waals surface area contributed by atoms with Crippen molar-refractivity contribution in [3.63, 3.8) is 0 Å². The van der Waals surface area contributed by atoms with E-state index in [0.29, 0.717) is 0 Å². The predicted molar refractivity (Wildman–Crippen MR) is 93.6 cm³/mol. The van der Waals surface area contributed by atoms with E-state index in [1.807, 2.05) is 6.92 Å².